The molecule has 0 aliphatic rings. The normalized spacial score (nSPS) is 10.8. The van der Waals surface area contributed by atoms with Crippen molar-refractivity contribution in [2.24, 2.45) is 0 Å². The molecule has 0 aliphatic carbocycles. The van der Waals surface area contributed by atoms with Gasteiger partial charge in [-0.05, 0) is 20.8 Å². The zero-order valence-corrected chi connectivity index (χ0v) is 10.6. The van der Waals surface area contributed by atoms with Gasteiger partial charge in [-0.3, -0.25) is 10.1 Å². The summed E-state index contributed by atoms with van der Waals surface area (Å²) in [7, 11) is 0. The minimum Gasteiger partial charge on any atom is -0.451 e. The fraction of sp³-hybridized carbons (Fsp3) is 0.308. The third kappa shape index (κ3) is 3.16. The molecule has 5 nitrogen and oxygen atoms in total. The Hall–Kier alpha value is -2.17. The van der Waals surface area contributed by atoms with Crippen molar-refractivity contribution >= 4 is 11.7 Å². The molecule has 0 radical (unpaired) electrons. The predicted octanol–water partition coefficient (Wildman–Crippen LogP) is 2.95. The summed E-state index contributed by atoms with van der Waals surface area (Å²) in [5.41, 5.74) is -0.131. The fourth-order valence-electron chi connectivity index (χ4n) is 1.37. The van der Waals surface area contributed by atoms with Gasteiger partial charge in [-0.1, -0.05) is 18.7 Å². The Balaban J connectivity index is 3.04. The highest BCUT2D eigenvalue weighted by Crippen LogP contribution is 2.28. The quantitative estimate of drug-likeness (QED) is 0.356. The smallest absolute Gasteiger partial charge is 0.333 e. The number of benzene rings is 1. The molecule has 0 amide bonds. The third-order valence-corrected chi connectivity index (χ3v) is 2.45. The van der Waals surface area contributed by atoms with Gasteiger partial charge in [0, 0.05) is 23.3 Å². The molecule has 0 aromatic heterocycles. The van der Waals surface area contributed by atoms with E-state index in [9.17, 15) is 14.9 Å². The molecule has 5 heteroatoms. The molecule has 0 atom stereocenters. The monoisotopic (exact) mass is 249 g/mol. The van der Waals surface area contributed by atoms with Crippen LogP contribution < -0.4 is 0 Å². The number of non-ortho nitro benzene ring substituents is 1. The minimum absolute atomic E-state index is 0.0352. The van der Waals surface area contributed by atoms with E-state index < -0.39 is 16.5 Å². The lowest BCUT2D eigenvalue weighted by atomic mass is 9.97. The van der Waals surface area contributed by atoms with Crippen LogP contribution in [0.25, 0.3) is 0 Å². The molecule has 1 rings (SSSR count). The number of hydrogen-bond acceptors (Lipinski definition) is 4. The average molecular weight is 249 g/mol. The SMILES string of the molecule is C=C(C)C(=O)OC(C)(C)c1cccc([N+](=O)[O-])c1. The van der Waals surface area contributed by atoms with Gasteiger partial charge < -0.3 is 4.74 Å². The van der Waals surface area contributed by atoms with E-state index in [1.54, 1.807) is 32.9 Å². The largest absolute Gasteiger partial charge is 0.451 e. The summed E-state index contributed by atoms with van der Waals surface area (Å²) in [6, 6.07) is 6.02. The van der Waals surface area contributed by atoms with Gasteiger partial charge in [-0.2, -0.15) is 0 Å². The number of rotatable bonds is 4. The average Bonchev–Trinajstić information content (AvgIpc) is 2.28. The first-order chi connectivity index (χ1) is 8.24. The third-order valence-electron chi connectivity index (χ3n) is 2.45. The van der Waals surface area contributed by atoms with E-state index in [1.807, 2.05) is 0 Å². The van der Waals surface area contributed by atoms with Crippen LogP contribution in [-0.4, -0.2) is 10.9 Å². The van der Waals surface area contributed by atoms with E-state index in [1.165, 1.54) is 12.1 Å². The Kier molecular flexibility index (Phi) is 3.86. The second-order valence-corrected chi connectivity index (χ2v) is 4.49. The van der Waals surface area contributed by atoms with E-state index in [0.717, 1.165) is 0 Å². The van der Waals surface area contributed by atoms with Crippen molar-refractivity contribution in [3.05, 3.63) is 52.1 Å². The molecule has 1 aromatic rings. The molecule has 0 bridgehead atoms. The van der Waals surface area contributed by atoms with E-state index in [2.05, 4.69) is 6.58 Å². The number of nitrogens with zero attached hydrogens (tertiary/aromatic N) is 1. The van der Waals surface area contributed by atoms with Crippen LogP contribution in [0.15, 0.2) is 36.4 Å². The maximum atomic E-state index is 11.5. The second kappa shape index (κ2) is 5.00. The van der Waals surface area contributed by atoms with Crippen LogP contribution in [0.3, 0.4) is 0 Å². The van der Waals surface area contributed by atoms with Crippen LogP contribution in [0, 0.1) is 10.1 Å². The second-order valence-electron chi connectivity index (χ2n) is 4.49. The maximum absolute atomic E-state index is 11.5. The summed E-state index contributed by atoms with van der Waals surface area (Å²) in [5, 5.41) is 10.7. The first kappa shape index (κ1) is 13.9. The lowest BCUT2D eigenvalue weighted by Crippen LogP contribution is -2.25. The van der Waals surface area contributed by atoms with Crippen molar-refractivity contribution in [3.8, 4) is 0 Å². The van der Waals surface area contributed by atoms with Gasteiger partial charge in [0.25, 0.3) is 5.69 Å². The van der Waals surface area contributed by atoms with Crippen LogP contribution in [0.5, 0.6) is 0 Å². The molecule has 0 fully saturated rings. The van der Waals surface area contributed by atoms with Gasteiger partial charge in [0.2, 0.25) is 0 Å². The van der Waals surface area contributed by atoms with Gasteiger partial charge in [0.15, 0.2) is 0 Å². The number of carbonyl (C=O) groups excluding carboxylic acids is 1. The summed E-state index contributed by atoms with van der Waals surface area (Å²) >= 11 is 0. The Morgan fingerprint density at radius 3 is 2.56 bits per heavy atom. The highest BCUT2D eigenvalue weighted by Gasteiger charge is 2.27. The molecule has 0 heterocycles. The van der Waals surface area contributed by atoms with Crippen molar-refractivity contribution in [1.29, 1.82) is 0 Å². The number of esters is 1. The highest BCUT2D eigenvalue weighted by molar-refractivity contribution is 5.87. The standard InChI is InChI=1S/C13H15NO4/c1-9(2)12(15)18-13(3,4)10-6-5-7-11(8-10)14(16)17/h5-8H,1H2,2-4H3. The van der Waals surface area contributed by atoms with Crippen LogP contribution in [0.4, 0.5) is 5.69 Å². The van der Waals surface area contributed by atoms with Gasteiger partial charge in [-0.15, -0.1) is 0 Å². The number of ether oxygens (including phenoxy) is 1. The van der Waals surface area contributed by atoms with E-state index in [4.69, 9.17) is 4.74 Å². The zero-order valence-electron chi connectivity index (χ0n) is 10.6. The highest BCUT2D eigenvalue weighted by atomic mass is 16.6. The Bertz CT molecular complexity index is 505. The van der Waals surface area contributed by atoms with Gasteiger partial charge in [0.05, 0.1) is 4.92 Å². The van der Waals surface area contributed by atoms with Crippen molar-refractivity contribution in [1.82, 2.24) is 0 Å². The summed E-state index contributed by atoms with van der Waals surface area (Å²) < 4.78 is 5.26. The van der Waals surface area contributed by atoms with Crippen molar-refractivity contribution in [3.63, 3.8) is 0 Å². The predicted molar refractivity (Wildman–Crippen MR) is 67.0 cm³/mol. The molecular weight excluding hydrogens is 234 g/mol. The number of hydrogen-bond donors (Lipinski definition) is 0. The van der Waals surface area contributed by atoms with Gasteiger partial charge in [-0.25, -0.2) is 4.79 Å². The van der Waals surface area contributed by atoms with Crippen LogP contribution in [0.1, 0.15) is 26.3 Å². The first-order valence-electron chi connectivity index (χ1n) is 5.38. The van der Waals surface area contributed by atoms with Crippen LogP contribution in [-0.2, 0) is 15.1 Å². The van der Waals surface area contributed by atoms with Gasteiger partial charge in [0.1, 0.15) is 5.60 Å². The number of nitro groups is 1. The Morgan fingerprint density at radius 2 is 2.06 bits per heavy atom. The summed E-state index contributed by atoms with van der Waals surface area (Å²) in [6.07, 6.45) is 0. The van der Waals surface area contributed by atoms with Crippen molar-refractivity contribution in [2.45, 2.75) is 26.4 Å². The lowest BCUT2D eigenvalue weighted by Gasteiger charge is -2.25. The lowest BCUT2D eigenvalue weighted by molar-refractivity contribution is -0.385. The molecule has 0 aliphatic heterocycles. The summed E-state index contributed by atoms with van der Waals surface area (Å²) in [5.74, 6) is -0.522. The first-order valence-corrected chi connectivity index (χ1v) is 5.38. The van der Waals surface area contributed by atoms with Crippen LogP contribution in [0.2, 0.25) is 0 Å². The minimum atomic E-state index is -0.942. The molecule has 0 unspecified atom stereocenters. The maximum Gasteiger partial charge on any atom is 0.333 e. The zero-order chi connectivity index (χ0) is 13.9. The fourth-order valence-corrected chi connectivity index (χ4v) is 1.37. The molecule has 0 spiro atoms. The Labute approximate surface area is 105 Å². The molecule has 0 saturated carbocycles. The van der Waals surface area contributed by atoms with E-state index >= 15 is 0 Å². The molecule has 1 aromatic carbocycles. The van der Waals surface area contributed by atoms with E-state index in [0.29, 0.717) is 5.56 Å². The molecule has 96 valence electrons. The Morgan fingerprint density at radius 1 is 1.44 bits per heavy atom. The van der Waals surface area contributed by atoms with Crippen molar-refractivity contribution in [2.75, 3.05) is 0 Å². The summed E-state index contributed by atoms with van der Waals surface area (Å²) in [4.78, 5) is 21.7. The van der Waals surface area contributed by atoms with Gasteiger partial charge >= 0.3 is 5.97 Å². The molecule has 18 heavy (non-hydrogen) atoms. The number of carbonyl (C=O) groups is 1. The number of nitro benzene ring substituents is 1. The molecular formula is C13H15NO4. The van der Waals surface area contributed by atoms with E-state index in [-0.39, 0.29) is 11.3 Å². The topological polar surface area (TPSA) is 69.4 Å². The molecule has 0 saturated heterocycles. The van der Waals surface area contributed by atoms with Crippen LogP contribution >= 0.6 is 0 Å². The summed E-state index contributed by atoms with van der Waals surface area (Å²) in [6.45, 7) is 8.39. The van der Waals surface area contributed by atoms with Crippen molar-refractivity contribution < 1.29 is 14.5 Å². The molecule has 0 N–H and O–H groups in total.